The molecular weight excluding hydrogens is 384 g/mol. The second kappa shape index (κ2) is 10.1. The molecule has 0 aliphatic carbocycles. The largest absolute Gasteiger partial charge is 0.493 e. The second-order valence-corrected chi connectivity index (χ2v) is 7.33. The Morgan fingerprint density at radius 3 is 2.57 bits per heavy atom. The zero-order chi connectivity index (χ0) is 21.5. The summed E-state index contributed by atoms with van der Waals surface area (Å²) in [5, 5.41) is 12.5. The van der Waals surface area contributed by atoms with Crippen LogP contribution in [0.4, 0.5) is 0 Å². The van der Waals surface area contributed by atoms with Crippen molar-refractivity contribution < 1.29 is 24.2 Å². The first kappa shape index (κ1) is 21.6. The molecule has 1 saturated heterocycles. The van der Waals surface area contributed by atoms with Gasteiger partial charge in [-0.3, -0.25) is 9.59 Å². The molecule has 30 heavy (non-hydrogen) atoms. The van der Waals surface area contributed by atoms with Gasteiger partial charge in [-0.25, -0.2) is 0 Å². The van der Waals surface area contributed by atoms with Gasteiger partial charge in [-0.05, 0) is 29.7 Å². The van der Waals surface area contributed by atoms with Crippen molar-refractivity contribution in [2.24, 2.45) is 5.92 Å². The van der Waals surface area contributed by atoms with Gasteiger partial charge in [-0.15, -0.1) is 0 Å². The third-order valence-corrected chi connectivity index (χ3v) is 5.40. The minimum absolute atomic E-state index is 0.0316. The van der Waals surface area contributed by atoms with Crippen LogP contribution in [0.25, 0.3) is 0 Å². The van der Waals surface area contributed by atoms with Gasteiger partial charge in [0.05, 0.1) is 32.8 Å². The molecule has 1 heterocycles. The maximum atomic E-state index is 12.7. The number of ether oxygens (including phenoxy) is 2. The lowest BCUT2D eigenvalue weighted by Crippen LogP contribution is -2.37. The molecule has 2 aromatic carbocycles. The topological polar surface area (TPSA) is 88.1 Å². The van der Waals surface area contributed by atoms with E-state index in [4.69, 9.17) is 9.47 Å². The van der Waals surface area contributed by atoms with Crippen molar-refractivity contribution in [3.05, 3.63) is 59.7 Å². The Morgan fingerprint density at radius 2 is 1.90 bits per heavy atom. The number of nitrogens with zero attached hydrogens (tertiary/aromatic N) is 1. The maximum absolute atomic E-state index is 12.7. The van der Waals surface area contributed by atoms with Gasteiger partial charge in [0.2, 0.25) is 11.8 Å². The van der Waals surface area contributed by atoms with Gasteiger partial charge < -0.3 is 24.8 Å². The summed E-state index contributed by atoms with van der Waals surface area (Å²) in [7, 11) is 3.18. The van der Waals surface area contributed by atoms with E-state index < -0.39 is 12.0 Å². The van der Waals surface area contributed by atoms with Crippen LogP contribution in [-0.4, -0.2) is 55.7 Å². The number of hydrogen-bond acceptors (Lipinski definition) is 5. The van der Waals surface area contributed by atoms with Crippen molar-refractivity contribution in [3.8, 4) is 11.5 Å². The SMILES string of the molecule is COc1ccc(CCN2C[C@H](C(=O)N[C@@H](CO)c3ccccc3)CC2=O)cc1OC. The standard InChI is InChI=1S/C23H28N2O5/c1-29-20-9-8-16(12-21(20)30-2)10-11-25-14-18(13-22(25)27)23(28)24-19(15-26)17-6-4-3-5-7-17/h3-9,12,18-19,26H,10-11,13-15H2,1-2H3,(H,24,28)/t18-,19+/m1/s1. The summed E-state index contributed by atoms with van der Waals surface area (Å²) in [5.41, 5.74) is 1.86. The van der Waals surface area contributed by atoms with Crippen LogP contribution in [0.2, 0.25) is 0 Å². The number of benzene rings is 2. The van der Waals surface area contributed by atoms with Crippen molar-refractivity contribution in [2.45, 2.75) is 18.9 Å². The van der Waals surface area contributed by atoms with E-state index in [9.17, 15) is 14.7 Å². The highest BCUT2D eigenvalue weighted by Crippen LogP contribution is 2.28. The highest BCUT2D eigenvalue weighted by atomic mass is 16.5. The summed E-state index contributed by atoms with van der Waals surface area (Å²) in [6.07, 6.45) is 0.842. The molecule has 1 aliphatic rings. The van der Waals surface area contributed by atoms with Crippen molar-refractivity contribution in [3.63, 3.8) is 0 Å². The van der Waals surface area contributed by atoms with Crippen LogP contribution in [0.3, 0.4) is 0 Å². The van der Waals surface area contributed by atoms with E-state index in [2.05, 4.69) is 5.32 Å². The molecule has 2 atom stereocenters. The Hall–Kier alpha value is -3.06. The van der Waals surface area contributed by atoms with Crippen LogP contribution >= 0.6 is 0 Å². The van der Waals surface area contributed by atoms with Crippen LogP contribution in [-0.2, 0) is 16.0 Å². The summed E-state index contributed by atoms with van der Waals surface area (Å²) in [6, 6.07) is 14.5. The fraction of sp³-hybridized carbons (Fsp3) is 0.391. The van der Waals surface area contributed by atoms with Crippen LogP contribution in [0, 0.1) is 5.92 Å². The summed E-state index contributed by atoms with van der Waals surface area (Å²) >= 11 is 0. The molecule has 3 rings (SSSR count). The number of aliphatic hydroxyl groups excluding tert-OH is 1. The molecule has 7 heteroatoms. The minimum Gasteiger partial charge on any atom is -0.493 e. The van der Waals surface area contributed by atoms with Gasteiger partial charge in [0.1, 0.15) is 0 Å². The number of amides is 2. The molecular formula is C23H28N2O5. The Balaban J connectivity index is 1.56. The normalized spacial score (nSPS) is 17.0. The lowest BCUT2D eigenvalue weighted by molar-refractivity contribution is -0.129. The van der Waals surface area contributed by atoms with E-state index in [0.29, 0.717) is 31.0 Å². The highest BCUT2D eigenvalue weighted by Gasteiger charge is 2.34. The fourth-order valence-corrected chi connectivity index (χ4v) is 3.67. The van der Waals surface area contributed by atoms with Crippen LogP contribution in [0.15, 0.2) is 48.5 Å². The second-order valence-electron chi connectivity index (χ2n) is 7.33. The quantitative estimate of drug-likeness (QED) is 0.657. The molecule has 0 bridgehead atoms. The molecule has 0 unspecified atom stereocenters. The Labute approximate surface area is 176 Å². The molecule has 0 radical (unpaired) electrons. The molecule has 160 valence electrons. The molecule has 0 saturated carbocycles. The van der Waals surface area contributed by atoms with E-state index in [-0.39, 0.29) is 24.8 Å². The predicted molar refractivity (Wildman–Crippen MR) is 112 cm³/mol. The monoisotopic (exact) mass is 412 g/mol. The van der Waals surface area contributed by atoms with Crippen LogP contribution in [0.1, 0.15) is 23.6 Å². The number of rotatable bonds is 9. The van der Waals surface area contributed by atoms with Crippen molar-refractivity contribution in [2.75, 3.05) is 33.9 Å². The third-order valence-electron chi connectivity index (χ3n) is 5.40. The Kier molecular flexibility index (Phi) is 7.30. The number of likely N-dealkylation sites (tertiary alicyclic amines) is 1. The fourth-order valence-electron chi connectivity index (χ4n) is 3.67. The molecule has 1 aliphatic heterocycles. The first-order chi connectivity index (χ1) is 14.5. The summed E-state index contributed by atoms with van der Waals surface area (Å²) in [4.78, 5) is 26.8. The smallest absolute Gasteiger partial charge is 0.225 e. The number of aliphatic hydroxyl groups is 1. The van der Waals surface area contributed by atoms with Gasteiger partial charge in [0.25, 0.3) is 0 Å². The van der Waals surface area contributed by atoms with E-state index >= 15 is 0 Å². The lowest BCUT2D eigenvalue weighted by atomic mass is 10.0. The van der Waals surface area contributed by atoms with E-state index in [1.54, 1.807) is 19.1 Å². The van der Waals surface area contributed by atoms with Gasteiger partial charge in [0.15, 0.2) is 11.5 Å². The number of hydrogen-bond donors (Lipinski definition) is 2. The number of methoxy groups -OCH3 is 2. The predicted octanol–water partition coefficient (Wildman–Crippen LogP) is 1.94. The number of carbonyl (C=O) groups excluding carboxylic acids is 2. The summed E-state index contributed by atoms with van der Waals surface area (Å²) in [6.45, 7) is 0.713. The third kappa shape index (κ3) is 5.10. The Morgan fingerprint density at radius 1 is 1.17 bits per heavy atom. The molecule has 0 spiro atoms. The van der Waals surface area contributed by atoms with Gasteiger partial charge in [-0.2, -0.15) is 0 Å². The summed E-state index contributed by atoms with van der Waals surface area (Å²) < 4.78 is 10.6. The first-order valence-corrected chi connectivity index (χ1v) is 10.0. The minimum atomic E-state index is -0.477. The van der Waals surface area contributed by atoms with Crippen molar-refractivity contribution >= 4 is 11.8 Å². The maximum Gasteiger partial charge on any atom is 0.225 e. The van der Waals surface area contributed by atoms with Gasteiger partial charge in [-0.1, -0.05) is 36.4 Å². The van der Waals surface area contributed by atoms with Gasteiger partial charge >= 0.3 is 0 Å². The van der Waals surface area contributed by atoms with Crippen LogP contribution < -0.4 is 14.8 Å². The van der Waals surface area contributed by atoms with E-state index in [1.165, 1.54) is 0 Å². The molecule has 2 N–H and O–H groups in total. The molecule has 1 fully saturated rings. The van der Waals surface area contributed by atoms with Crippen molar-refractivity contribution in [1.82, 2.24) is 10.2 Å². The molecule has 0 aromatic heterocycles. The zero-order valence-electron chi connectivity index (χ0n) is 17.3. The average molecular weight is 412 g/mol. The molecule has 7 nitrogen and oxygen atoms in total. The van der Waals surface area contributed by atoms with E-state index in [1.807, 2.05) is 48.5 Å². The molecule has 2 aromatic rings. The first-order valence-electron chi connectivity index (χ1n) is 10.0. The number of nitrogens with one attached hydrogen (secondary N) is 1. The number of carbonyl (C=O) groups is 2. The van der Waals surface area contributed by atoms with Crippen LogP contribution in [0.5, 0.6) is 11.5 Å². The molecule has 2 amide bonds. The van der Waals surface area contributed by atoms with Crippen molar-refractivity contribution in [1.29, 1.82) is 0 Å². The highest BCUT2D eigenvalue weighted by molar-refractivity contribution is 5.89. The zero-order valence-corrected chi connectivity index (χ0v) is 17.3. The summed E-state index contributed by atoms with van der Waals surface area (Å²) in [5.74, 6) is 0.652. The van der Waals surface area contributed by atoms with E-state index in [0.717, 1.165) is 11.1 Å². The van der Waals surface area contributed by atoms with Gasteiger partial charge in [0, 0.05) is 19.5 Å². The average Bonchev–Trinajstić information content (AvgIpc) is 3.16. The lowest BCUT2D eigenvalue weighted by Gasteiger charge is -2.20. The Bertz CT molecular complexity index is 871.